The quantitative estimate of drug-likeness (QED) is 0.693. The molecule has 3 heteroatoms. The number of rotatable bonds is 3. The van der Waals surface area contributed by atoms with Gasteiger partial charge in [-0.2, -0.15) is 0 Å². The van der Waals surface area contributed by atoms with E-state index >= 15 is 0 Å². The number of nitrogens with zero attached hydrogens (tertiary/aromatic N) is 1. The average molecular weight is 232 g/mol. The van der Waals surface area contributed by atoms with Crippen molar-refractivity contribution in [2.45, 2.75) is 44.8 Å². The number of halogens is 1. The van der Waals surface area contributed by atoms with Crippen molar-refractivity contribution in [2.24, 2.45) is 5.41 Å². The van der Waals surface area contributed by atoms with E-state index in [2.05, 4.69) is 11.8 Å². The van der Waals surface area contributed by atoms with E-state index in [1.54, 1.807) is 0 Å². The highest BCUT2D eigenvalue weighted by Gasteiger charge is 2.40. The minimum absolute atomic E-state index is 0.336. The van der Waals surface area contributed by atoms with Gasteiger partial charge in [0.05, 0.1) is 6.10 Å². The van der Waals surface area contributed by atoms with E-state index in [4.69, 9.17) is 16.3 Å². The monoisotopic (exact) mass is 231 g/mol. The van der Waals surface area contributed by atoms with Crippen LogP contribution >= 0.6 is 11.6 Å². The molecule has 0 N–H and O–H groups in total. The first-order chi connectivity index (χ1) is 7.18. The number of ether oxygens (including phenoxy) is 1. The summed E-state index contributed by atoms with van der Waals surface area (Å²) in [6.45, 7) is 4.66. The lowest BCUT2D eigenvalue weighted by Crippen LogP contribution is -2.40. The van der Waals surface area contributed by atoms with Crippen molar-refractivity contribution in [3.63, 3.8) is 0 Å². The van der Waals surface area contributed by atoms with Crippen molar-refractivity contribution in [1.29, 1.82) is 0 Å². The summed E-state index contributed by atoms with van der Waals surface area (Å²) in [6, 6.07) is 0.653. The van der Waals surface area contributed by atoms with Gasteiger partial charge < -0.3 is 4.74 Å². The maximum Gasteiger partial charge on any atom is 0.0726 e. The molecule has 2 fully saturated rings. The van der Waals surface area contributed by atoms with Gasteiger partial charge in [0.15, 0.2) is 0 Å². The van der Waals surface area contributed by atoms with Crippen molar-refractivity contribution in [3.05, 3.63) is 0 Å². The highest BCUT2D eigenvalue weighted by Crippen LogP contribution is 2.36. The van der Waals surface area contributed by atoms with Crippen LogP contribution in [0.4, 0.5) is 0 Å². The second kappa shape index (κ2) is 4.60. The van der Waals surface area contributed by atoms with E-state index in [9.17, 15) is 0 Å². The van der Waals surface area contributed by atoms with Gasteiger partial charge in [0, 0.05) is 25.6 Å². The molecule has 2 rings (SSSR count). The van der Waals surface area contributed by atoms with Crippen LogP contribution in [0.25, 0.3) is 0 Å². The first-order valence-corrected chi connectivity index (χ1v) is 6.55. The van der Waals surface area contributed by atoms with Gasteiger partial charge in [-0.3, -0.25) is 4.90 Å². The lowest BCUT2D eigenvalue weighted by molar-refractivity contribution is 0.0390. The average Bonchev–Trinajstić information content (AvgIpc) is 2.84. The molecule has 1 heterocycles. The van der Waals surface area contributed by atoms with Gasteiger partial charge in [-0.05, 0) is 37.6 Å². The second-order valence-corrected chi connectivity index (χ2v) is 5.70. The zero-order chi connectivity index (χ0) is 10.9. The normalized spacial score (nSPS) is 42.6. The van der Waals surface area contributed by atoms with E-state index in [1.807, 2.05) is 7.11 Å². The van der Waals surface area contributed by atoms with E-state index in [0.717, 1.165) is 12.4 Å². The largest absolute Gasteiger partial charge is 0.380 e. The summed E-state index contributed by atoms with van der Waals surface area (Å²) in [6.07, 6.45) is 5.55. The minimum atomic E-state index is 0.336. The summed E-state index contributed by atoms with van der Waals surface area (Å²) in [5.74, 6) is 0.786. The fraction of sp³-hybridized carbons (Fsp3) is 1.00. The van der Waals surface area contributed by atoms with E-state index in [0.29, 0.717) is 17.6 Å². The summed E-state index contributed by atoms with van der Waals surface area (Å²) < 4.78 is 5.56. The van der Waals surface area contributed by atoms with Crippen LogP contribution in [0.1, 0.15) is 32.6 Å². The third kappa shape index (κ3) is 2.32. The lowest BCUT2D eigenvalue weighted by Gasteiger charge is -2.30. The molecule has 3 atom stereocenters. The summed E-state index contributed by atoms with van der Waals surface area (Å²) in [7, 11) is 1.85. The highest BCUT2D eigenvalue weighted by molar-refractivity contribution is 6.18. The Labute approximate surface area is 97.9 Å². The van der Waals surface area contributed by atoms with Gasteiger partial charge in [0.25, 0.3) is 0 Å². The topological polar surface area (TPSA) is 12.5 Å². The number of alkyl halides is 1. The number of hydrogen-bond donors (Lipinski definition) is 0. The first kappa shape index (κ1) is 11.7. The van der Waals surface area contributed by atoms with Crippen LogP contribution in [0.5, 0.6) is 0 Å². The summed E-state index contributed by atoms with van der Waals surface area (Å²) >= 11 is 6.03. The molecule has 0 aromatic carbocycles. The summed E-state index contributed by atoms with van der Waals surface area (Å²) in [5, 5.41) is 0. The van der Waals surface area contributed by atoms with Gasteiger partial charge in [-0.25, -0.2) is 0 Å². The number of methoxy groups -OCH3 is 1. The molecule has 1 aliphatic heterocycles. The first-order valence-electron chi connectivity index (χ1n) is 6.01. The van der Waals surface area contributed by atoms with Crippen molar-refractivity contribution in [1.82, 2.24) is 4.90 Å². The second-order valence-electron chi connectivity index (χ2n) is 5.44. The fourth-order valence-electron chi connectivity index (χ4n) is 3.05. The molecule has 0 amide bonds. The molecule has 1 saturated heterocycles. The molecule has 88 valence electrons. The van der Waals surface area contributed by atoms with Crippen LogP contribution < -0.4 is 0 Å². The Morgan fingerprint density at radius 2 is 2.27 bits per heavy atom. The van der Waals surface area contributed by atoms with E-state index in [-0.39, 0.29) is 0 Å². The fourth-order valence-corrected chi connectivity index (χ4v) is 3.27. The Balaban J connectivity index is 1.95. The highest BCUT2D eigenvalue weighted by atomic mass is 35.5. The smallest absolute Gasteiger partial charge is 0.0726 e. The van der Waals surface area contributed by atoms with Crippen molar-refractivity contribution >= 4 is 11.6 Å². The molecule has 1 aliphatic carbocycles. The predicted molar refractivity (Wildman–Crippen MR) is 63.5 cm³/mol. The van der Waals surface area contributed by atoms with Crippen LogP contribution in [-0.2, 0) is 4.74 Å². The standard InChI is InChI=1S/C12H22ClNO/c1-12(8-13)6-7-14(9-12)10-4-3-5-11(10)15-2/h10-11H,3-9H2,1-2H3. The van der Waals surface area contributed by atoms with E-state index < -0.39 is 0 Å². The molecule has 15 heavy (non-hydrogen) atoms. The zero-order valence-electron chi connectivity index (χ0n) is 9.84. The predicted octanol–water partition coefficient (Wildman–Crippen LogP) is 2.50. The molecule has 1 saturated carbocycles. The Hall–Kier alpha value is 0.210. The lowest BCUT2D eigenvalue weighted by atomic mass is 9.93. The Morgan fingerprint density at radius 3 is 2.87 bits per heavy atom. The minimum Gasteiger partial charge on any atom is -0.380 e. The van der Waals surface area contributed by atoms with Crippen LogP contribution in [0.2, 0.25) is 0 Å². The third-order valence-electron chi connectivity index (χ3n) is 4.10. The van der Waals surface area contributed by atoms with Gasteiger partial charge in [-0.15, -0.1) is 11.6 Å². The molecule has 0 spiro atoms. The maximum atomic E-state index is 6.03. The van der Waals surface area contributed by atoms with Gasteiger partial charge in [0.1, 0.15) is 0 Å². The summed E-state index contributed by atoms with van der Waals surface area (Å²) in [4.78, 5) is 2.60. The molecular formula is C12H22ClNO. The Bertz CT molecular complexity index is 224. The van der Waals surface area contributed by atoms with Gasteiger partial charge in [0.2, 0.25) is 0 Å². The molecular weight excluding hydrogens is 210 g/mol. The van der Waals surface area contributed by atoms with E-state index in [1.165, 1.54) is 32.2 Å². The molecule has 0 bridgehead atoms. The van der Waals surface area contributed by atoms with Crippen molar-refractivity contribution in [2.75, 3.05) is 26.1 Å². The molecule has 0 radical (unpaired) electrons. The van der Waals surface area contributed by atoms with Crippen LogP contribution in [0.15, 0.2) is 0 Å². The maximum absolute atomic E-state index is 6.03. The molecule has 0 aromatic rings. The molecule has 2 nitrogen and oxygen atoms in total. The van der Waals surface area contributed by atoms with Crippen LogP contribution in [0.3, 0.4) is 0 Å². The zero-order valence-corrected chi connectivity index (χ0v) is 10.6. The third-order valence-corrected chi connectivity index (χ3v) is 4.74. The molecule has 0 aromatic heterocycles. The number of hydrogen-bond acceptors (Lipinski definition) is 2. The van der Waals surface area contributed by atoms with Gasteiger partial charge >= 0.3 is 0 Å². The SMILES string of the molecule is COC1CCCC1N1CCC(C)(CCl)C1. The summed E-state index contributed by atoms with van der Waals surface area (Å²) in [5.41, 5.74) is 0.336. The Morgan fingerprint density at radius 1 is 1.47 bits per heavy atom. The van der Waals surface area contributed by atoms with Gasteiger partial charge in [-0.1, -0.05) is 6.92 Å². The van der Waals surface area contributed by atoms with Crippen molar-refractivity contribution in [3.8, 4) is 0 Å². The number of likely N-dealkylation sites (tertiary alicyclic amines) is 1. The molecule has 3 unspecified atom stereocenters. The Kier molecular flexibility index (Phi) is 3.59. The van der Waals surface area contributed by atoms with Crippen molar-refractivity contribution < 1.29 is 4.74 Å². The molecule has 2 aliphatic rings. The van der Waals surface area contributed by atoms with Crippen LogP contribution in [0, 0.1) is 5.41 Å². The van der Waals surface area contributed by atoms with Crippen LogP contribution in [-0.4, -0.2) is 43.1 Å².